The Morgan fingerprint density at radius 1 is 1.08 bits per heavy atom. The van der Waals surface area contributed by atoms with Gasteiger partial charge in [-0.25, -0.2) is 4.79 Å². The Morgan fingerprint density at radius 3 is 2.50 bits per heavy atom. The van der Waals surface area contributed by atoms with Crippen molar-refractivity contribution in [3.8, 4) is 0 Å². The molecular weight excluding hydrogens is 304 g/mol. The first-order chi connectivity index (χ1) is 11.6. The number of benzene rings is 2. The van der Waals surface area contributed by atoms with E-state index in [0.29, 0.717) is 17.5 Å². The van der Waals surface area contributed by atoms with Crippen molar-refractivity contribution in [2.24, 2.45) is 5.73 Å². The van der Waals surface area contributed by atoms with Gasteiger partial charge in [0.15, 0.2) is 0 Å². The van der Waals surface area contributed by atoms with Gasteiger partial charge in [0.25, 0.3) is 5.91 Å². The van der Waals surface area contributed by atoms with Crippen LogP contribution in [-0.2, 0) is 13.0 Å². The van der Waals surface area contributed by atoms with Gasteiger partial charge in [0.05, 0.1) is 11.1 Å². The highest BCUT2D eigenvalue weighted by Crippen LogP contribution is 2.23. The van der Waals surface area contributed by atoms with Crippen LogP contribution < -0.4 is 5.73 Å². The Morgan fingerprint density at radius 2 is 1.83 bits per heavy atom. The minimum absolute atomic E-state index is 0.195. The molecule has 24 heavy (non-hydrogen) atoms. The number of carboxylic acids is 1. The minimum atomic E-state index is -0.991. The highest BCUT2D eigenvalue weighted by Gasteiger charge is 2.14. The Labute approximate surface area is 139 Å². The molecular formula is C19H18N2O3. The van der Waals surface area contributed by atoms with E-state index in [-0.39, 0.29) is 5.56 Å². The van der Waals surface area contributed by atoms with E-state index >= 15 is 0 Å². The van der Waals surface area contributed by atoms with Crippen LogP contribution in [0.4, 0.5) is 0 Å². The Bertz CT molecular complexity index is 898. The zero-order valence-corrected chi connectivity index (χ0v) is 13.1. The maximum absolute atomic E-state index is 11.6. The summed E-state index contributed by atoms with van der Waals surface area (Å²) in [5.74, 6) is -1.50. The molecule has 0 radical (unpaired) electrons. The number of primary amides is 1. The van der Waals surface area contributed by atoms with E-state index in [2.05, 4.69) is 12.1 Å². The summed E-state index contributed by atoms with van der Waals surface area (Å²) in [5, 5.41) is 9.86. The SMILES string of the molecule is NC(=O)c1cn(CCCc2ccccc2)c2cc(C(=O)O)ccc12. The number of hydrogen-bond donors (Lipinski definition) is 2. The molecule has 5 nitrogen and oxygen atoms in total. The molecule has 1 aromatic heterocycles. The zero-order chi connectivity index (χ0) is 17.1. The van der Waals surface area contributed by atoms with Gasteiger partial charge in [-0.05, 0) is 30.5 Å². The molecule has 122 valence electrons. The molecule has 0 fully saturated rings. The summed E-state index contributed by atoms with van der Waals surface area (Å²) in [6.45, 7) is 0.682. The first-order valence-electron chi connectivity index (χ1n) is 7.76. The summed E-state index contributed by atoms with van der Waals surface area (Å²) >= 11 is 0. The topological polar surface area (TPSA) is 85.3 Å². The van der Waals surface area contributed by atoms with Crippen molar-refractivity contribution < 1.29 is 14.7 Å². The van der Waals surface area contributed by atoms with Crippen molar-refractivity contribution in [3.63, 3.8) is 0 Å². The molecule has 0 aliphatic rings. The van der Waals surface area contributed by atoms with Crippen LogP contribution in [0, 0.1) is 0 Å². The molecule has 2 aromatic carbocycles. The molecule has 3 rings (SSSR count). The summed E-state index contributed by atoms with van der Waals surface area (Å²) in [7, 11) is 0. The molecule has 0 atom stereocenters. The first kappa shape index (κ1) is 15.8. The van der Waals surface area contributed by atoms with Crippen LogP contribution in [-0.4, -0.2) is 21.6 Å². The van der Waals surface area contributed by atoms with Crippen molar-refractivity contribution >= 4 is 22.8 Å². The van der Waals surface area contributed by atoms with Gasteiger partial charge in [0.2, 0.25) is 0 Å². The molecule has 0 aliphatic heterocycles. The lowest BCUT2D eigenvalue weighted by molar-refractivity contribution is 0.0696. The monoisotopic (exact) mass is 322 g/mol. The van der Waals surface area contributed by atoms with Crippen LogP contribution in [0.2, 0.25) is 0 Å². The van der Waals surface area contributed by atoms with Gasteiger partial charge in [0.1, 0.15) is 0 Å². The molecule has 3 aromatic rings. The van der Waals surface area contributed by atoms with Crippen molar-refractivity contribution in [3.05, 3.63) is 71.4 Å². The van der Waals surface area contributed by atoms with E-state index in [9.17, 15) is 14.7 Å². The van der Waals surface area contributed by atoms with Crippen molar-refractivity contribution in [2.75, 3.05) is 0 Å². The minimum Gasteiger partial charge on any atom is -0.478 e. The molecule has 0 saturated carbocycles. The van der Waals surface area contributed by atoms with Gasteiger partial charge < -0.3 is 15.4 Å². The lowest BCUT2D eigenvalue weighted by atomic mass is 10.1. The van der Waals surface area contributed by atoms with E-state index in [1.165, 1.54) is 11.6 Å². The van der Waals surface area contributed by atoms with Crippen LogP contribution >= 0.6 is 0 Å². The van der Waals surface area contributed by atoms with E-state index in [0.717, 1.165) is 18.4 Å². The molecule has 5 heteroatoms. The Kier molecular flexibility index (Phi) is 4.33. The molecule has 1 heterocycles. The number of nitrogens with zero attached hydrogens (tertiary/aromatic N) is 1. The zero-order valence-electron chi connectivity index (χ0n) is 13.1. The van der Waals surface area contributed by atoms with Crippen LogP contribution in [0.3, 0.4) is 0 Å². The molecule has 0 unspecified atom stereocenters. The van der Waals surface area contributed by atoms with Gasteiger partial charge in [-0.3, -0.25) is 4.79 Å². The van der Waals surface area contributed by atoms with Crippen LogP contribution in [0.5, 0.6) is 0 Å². The lowest BCUT2D eigenvalue weighted by Crippen LogP contribution is -2.10. The van der Waals surface area contributed by atoms with E-state index < -0.39 is 11.9 Å². The van der Waals surface area contributed by atoms with Gasteiger partial charge in [-0.1, -0.05) is 36.4 Å². The number of carbonyl (C=O) groups is 2. The number of hydrogen-bond acceptors (Lipinski definition) is 2. The number of aryl methyl sites for hydroxylation is 2. The first-order valence-corrected chi connectivity index (χ1v) is 7.76. The molecule has 3 N–H and O–H groups in total. The molecule has 0 bridgehead atoms. The van der Waals surface area contributed by atoms with Crippen LogP contribution in [0.15, 0.2) is 54.7 Å². The van der Waals surface area contributed by atoms with Gasteiger partial charge in [-0.15, -0.1) is 0 Å². The fraction of sp³-hybridized carbons (Fsp3) is 0.158. The average Bonchev–Trinajstić information content (AvgIpc) is 2.94. The highest BCUT2D eigenvalue weighted by atomic mass is 16.4. The largest absolute Gasteiger partial charge is 0.478 e. The van der Waals surface area contributed by atoms with Crippen LogP contribution in [0.1, 0.15) is 32.7 Å². The van der Waals surface area contributed by atoms with E-state index in [4.69, 9.17) is 5.73 Å². The molecule has 0 spiro atoms. The maximum atomic E-state index is 11.6. The maximum Gasteiger partial charge on any atom is 0.335 e. The number of carbonyl (C=O) groups excluding carboxylic acids is 1. The quantitative estimate of drug-likeness (QED) is 0.731. The predicted octanol–water partition coefficient (Wildman–Crippen LogP) is 3.07. The summed E-state index contributed by atoms with van der Waals surface area (Å²) < 4.78 is 1.91. The third-order valence-electron chi connectivity index (χ3n) is 4.10. The normalized spacial score (nSPS) is 10.8. The molecule has 1 amide bonds. The number of aromatic nitrogens is 1. The second kappa shape index (κ2) is 6.58. The van der Waals surface area contributed by atoms with Crippen molar-refractivity contribution in [1.29, 1.82) is 0 Å². The fourth-order valence-electron chi connectivity index (χ4n) is 2.90. The summed E-state index contributed by atoms with van der Waals surface area (Å²) in [5.41, 5.74) is 8.02. The van der Waals surface area contributed by atoms with Gasteiger partial charge >= 0.3 is 5.97 Å². The smallest absolute Gasteiger partial charge is 0.335 e. The predicted molar refractivity (Wildman–Crippen MR) is 92.2 cm³/mol. The van der Waals surface area contributed by atoms with Crippen molar-refractivity contribution in [1.82, 2.24) is 4.57 Å². The van der Waals surface area contributed by atoms with Crippen LogP contribution in [0.25, 0.3) is 10.9 Å². The Hall–Kier alpha value is -3.08. The highest BCUT2D eigenvalue weighted by molar-refractivity contribution is 6.07. The number of fused-ring (bicyclic) bond motifs is 1. The van der Waals surface area contributed by atoms with Gasteiger partial charge in [-0.2, -0.15) is 0 Å². The molecule has 0 saturated heterocycles. The number of rotatable bonds is 6. The average molecular weight is 322 g/mol. The lowest BCUT2D eigenvalue weighted by Gasteiger charge is -2.06. The number of nitrogens with two attached hydrogens (primary N) is 1. The molecule has 0 aliphatic carbocycles. The van der Waals surface area contributed by atoms with E-state index in [1.807, 2.05) is 22.8 Å². The standard InChI is InChI=1S/C19H18N2O3/c20-18(22)16-12-21(10-4-7-13-5-2-1-3-6-13)17-11-14(19(23)24)8-9-15(16)17/h1-3,5-6,8-9,11-12H,4,7,10H2,(H2,20,22)(H,23,24). The summed E-state index contributed by atoms with van der Waals surface area (Å²) in [6, 6.07) is 14.9. The van der Waals surface area contributed by atoms with Crippen molar-refractivity contribution in [2.45, 2.75) is 19.4 Å². The van der Waals surface area contributed by atoms with Gasteiger partial charge in [0, 0.05) is 23.6 Å². The second-order valence-corrected chi connectivity index (χ2v) is 5.73. The number of amides is 1. The third-order valence-corrected chi connectivity index (χ3v) is 4.10. The summed E-state index contributed by atoms with van der Waals surface area (Å²) in [6.07, 6.45) is 3.50. The van der Waals surface area contributed by atoms with E-state index in [1.54, 1.807) is 18.3 Å². The Balaban J connectivity index is 1.89. The second-order valence-electron chi connectivity index (χ2n) is 5.73. The fourth-order valence-corrected chi connectivity index (χ4v) is 2.90. The third kappa shape index (κ3) is 3.15. The number of aromatic carboxylic acids is 1. The summed E-state index contributed by atoms with van der Waals surface area (Å²) in [4.78, 5) is 22.8. The number of carboxylic acid groups (broad SMARTS) is 1.